The molecule has 1 unspecified atom stereocenters. The van der Waals surface area contributed by atoms with Crippen molar-refractivity contribution in [3.05, 3.63) is 46.3 Å². The Hall–Kier alpha value is -1.65. The highest BCUT2D eigenvalue weighted by Gasteiger charge is 2.11. The third kappa shape index (κ3) is 1.77. The van der Waals surface area contributed by atoms with E-state index in [2.05, 4.69) is 0 Å². The number of fused-ring (bicyclic) bond motifs is 1. The predicted octanol–water partition coefficient (Wildman–Crippen LogP) is 0.751. The van der Waals surface area contributed by atoms with E-state index in [0.717, 1.165) is 5.39 Å². The summed E-state index contributed by atoms with van der Waals surface area (Å²) in [4.78, 5) is 11.5. The molecule has 1 atom stereocenters. The van der Waals surface area contributed by atoms with Crippen molar-refractivity contribution in [2.75, 3.05) is 6.54 Å². The third-order valence-electron chi connectivity index (χ3n) is 2.32. The van der Waals surface area contributed by atoms with Gasteiger partial charge in [-0.15, -0.1) is 0 Å². The fourth-order valence-corrected chi connectivity index (χ4v) is 1.46. The van der Waals surface area contributed by atoms with Crippen LogP contribution in [0.2, 0.25) is 0 Å². The molecular weight excluding hydrogens is 192 g/mol. The first-order chi connectivity index (χ1) is 7.22. The van der Waals surface area contributed by atoms with Crippen molar-refractivity contribution >= 4 is 11.0 Å². The minimum atomic E-state index is -0.467. The van der Waals surface area contributed by atoms with Crippen LogP contribution in [0.1, 0.15) is 11.6 Å². The Morgan fingerprint density at radius 3 is 2.80 bits per heavy atom. The largest absolute Gasteiger partial charge is 0.422 e. The summed E-state index contributed by atoms with van der Waals surface area (Å²) in [5.41, 5.74) is 11.7. The van der Waals surface area contributed by atoms with E-state index in [-0.39, 0.29) is 6.54 Å². The molecule has 0 fully saturated rings. The van der Waals surface area contributed by atoms with E-state index in [1.807, 2.05) is 18.2 Å². The first-order valence-electron chi connectivity index (χ1n) is 4.71. The Morgan fingerprint density at radius 2 is 2.07 bits per heavy atom. The van der Waals surface area contributed by atoms with Gasteiger partial charge in [-0.1, -0.05) is 18.2 Å². The number of para-hydroxylation sites is 1. The van der Waals surface area contributed by atoms with Crippen LogP contribution in [0.25, 0.3) is 11.0 Å². The Morgan fingerprint density at radius 1 is 1.33 bits per heavy atom. The smallest absolute Gasteiger partial charge is 0.341 e. The van der Waals surface area contributed by atoms with Crippen molar-refractivity contribution in [2.24, 2.45) is 11.5 Å². The van der Waals surface area contributed by atoms with E-state index in [0.29, 0.717) is 11.1 Å². The van der Waals surface area contributed by atoms with Gasteiger partial charge in [0.05, 0.1) is 5.56 Å². The summed E-state index contributed by atoms with van der Waals surface area (Å²) in [5, 5.41) is 0.857. The molecule has 0 aliphatic carbocycles. The Balaban J connectivity index is 2.67. The minimum Gasteiger partial charge on any atom is -0.422 e. The van der Waals surface area contributed by atoms with Crippen LogP contribution in [-0.2, 0) is 0 Å². The van der Waals surface area contributed by atoms with Crippen LogP contribution in [0.3, 0.4) is 0 Å². The van der Waals surface area contributed by atoms with Gasteiger partial charge in [0, 0.05) is 18.0 Å². The molecule has 2 rings (SSSR count). The number of nitrogens with two attached hydrogens (primary N) is 2. The van der Waals surface area contributed by atoms with Crippen LogP contribution in [0.15, 0.2) is 39.5 Å². The maximum Gasteiger partial charge on any atom is 0.341 e. The molecule has 0 bridgehead atoms. The molecule has 0 saturated carbocycles. The fraction of sp³-hybridized carbons (Fsp3) is 0.182. The van der Waals surface area contributed by atoms with E-state index in [4.69, 9.17) is 15.9 Å². The lowest BCUT2D eigenvalue weighted by Gasteiger charge is -2.07. The van der Waals surface area contributed by atoms with Crippen molar-refractivity contribution in [3.63, 3.8) is 0 Å². The van der Waals surface area contributed by atoms with E-state index in [9.17, 15) is 4.79 Å². The van der Waals surface area contributed by atoms with Gasteiger partial charge < -0.3 is 15.9 Å². The summed E-state index contributed by atoms with van der Waals surface area (Å²) in [6.45, 7) is 0.225. The van der Waals surface area contributed by atoms with Gasteiger partial charge in [0.2, 0.25) is 0 Å². The summed E-state index contributed by atoms with van der Waals surface area (Å²) >= 11 is 0. The van der Waals surface area contributed by atoms with Crippen molar-refractivity contribution in [3.8, 4) is 0 Å². The third-order valence-corrected chi connectivity index (χ3v) is 2.32. The second-order valence-electron chi connectivity index (χ2n) is 3.37. The first kappa shape index (κ1) is 9.89. The van der Waals surface area contributed by atoms with Crippen molar-refractivity contribution < 1.29 is 4.42 Å². The number of benzene rings is 1. The average Bonchev–Trinajstić information content (AvgIpc) is 2.27. The molecular formula is C11H12N2O2. The molecule has 15 heavy (non-hydrogen) atoms. The van der Waals surface area contributed by atoms with E-state index in [1.165, 1.54) is 0 Å². The lowest BCUT2D eigenvalue weighted by molar-refractivity contribution is 0.537. The minimum absolute atomic E-state index is 0.225. The summed E-state index contributed by atoms with van der Waals surface area (Å²) in [6.07, 6.45) is 0. The maximum atomic E-state index is 11.5. The van der Waals surface area contributed by atoms with E-state index in [1.54, 1.807) is 12.1 Å². The van der Waals surface area contributed by atoms with Gasteiger partial charge >= 0.3 is 5.63 Å². The second-order valence-corrected chi connectivity index (χ2v) is 3.37. The summed E-state index contributed by atoms with van der Waals surface area (Å²) in [6, 6.07) is 8.57. The summed E-state index contributed by atoms with van der Waals surface area (Å²) < 4.78 is 5.12. The van der Waals surface area contributed by atoms with Crippen LogP contribution in [0.4, 0.5) is 0 Å². The molecule has 4 N–H and O–H groups in total. The molecule has 2 aromatic rings. The first-order valence-corrected chi connectivity index (χ1v) is 4.71. The van der Waals surface area contributed by atoms with Crippen LogP contribution in [-0.4, -0.2) is 6.54 Å². The lowest BCUT2D eigenvalue weighted by Crippen LogP contribution is -2.26. The highest BCUT2D eigenvalue weighted by Crippen LogP contribution is 2.14. The zero-order valence-corrected chi connectivity index (χ0v) is 8.14. The molecule has 0 aliphatic rings. The standard InChI is InChI=1S/C11H12N2O2/c12-6-9(13)8-5-7-3-1-2-4-10(7)15-11(8)14/h1-5,9H,6,12-13H2. The monoisotopic (exact) mass is 204 g/mol. The van der Waals surface area contributed by atoms with Crippen LogP contribution in [0, 0.1) is 0 Å². The zero-order valence-electron chi connectivity index (χ0n) is 8.14. The van der Waals surface area contributed by atoms with E-state index < -0.39 is 11.7 Å². The Bertz CT molecular complexity index is 533. The highest BCUT2D eigenvalue weighted by molar-refractivity contribution is 5.76. The topological polar surface area (TPSA) is 82.2 Å². The fourth-order valence-electron chi connectivity index (χ4n) is 1.46. The van der Waals surface area contributed by atoms with Gasteiger partial charge in [0.15, 0.2) is 0 Å². The van der Waals surface area contributed by atoms with Crippen molar-refractivity contribution in [1.82, 2.24) is 0 Å². The van der Waals surface area contributed by atoms with Crippen molar-refractivity contribution in [2.45, 2.75) is 6.04 Å². The van der Waals surface area contributed by atoms with Crippen LogP contribution >= 0.6 is 0 Å². The average molecular weight is 204 g/mol. The Labute approximate surface area is 86.5 Å². The molecule has 0 aliphatic heterocycles. The number of rotatable bonds is 2. The highest BCUT2D eigenvalue weighted by atomic mass is 16.4. The molecule has 0 saturated heterocycles. The predicted molar refractivity (Wildman–Crippen MR) is 58.5 cm³/mol. The normalized spacial score (nSPS) is 12.9. The maximum absolute atomic E-state index is 11.5. The summed E-state index contributed by atoms with van der Waals surface area (Å²) in [7, 11) is 0. The molecule has 0 spiro atoms. The molecule has 4 heteroatoms. The Kier molecular flexibility index (Phi) is 2.53. The summed E-state index contributed by atoms with van der Waals surface area (Å²) in [5.74, 6) is 0. The van der Waals surface area contributed by atoms with Gasteiger partial charge in [0.25, 0.3) is 0 Å². The molecule has 1 heterocycles. The molecule has 0 amide bonds. The SMILES string of the molecule is NCC(N)c1cc2ccccc2oc1=O. The quantitative estimate of drug-likeness (QED) is 0.707. The second kappa shape index (κ2) is 3.84. The van der Waals surface area contributed by atoms with E-state index >= 15 is 0 Å². The number of hydrogen-bond donors (Lipinski definition) is 2. The molecule has 78 valence electrons. The van der Waals surface area contributed by atoms with Crippen LogP contribution < -0.4 is 17.1 Å². The number of hydrogen-bond acceptors (Lipinski definition) is 4. The van der Waals surface area contributed by atoms with Gasteiger partial charge in [-0.05, 0) is 12.1 Å². The van der Waals surface area contributed by atoms with Gasteiger partial charge in [-0.3, -0.25) is 0 Å². The van der Waals surface area contributed by atoms with Gasteiger partial charge in [-0.2, -0.15) is 0 Å². The molecule has 4 nitrogen and oxygen atoms in total. The molecule has 1 aromatic heterocycles. The zero-order chi connectivity index (χ0) is 10.8. The van der Waals surface area contributed by atoms with Crippen LogP contribution in [0.5, 0.6) is 0 Å². The van der Waals surface area contributed by atoms with Crippen molar-refractivity contribution in [1.29, 1.82) is 0 Å². The van der Waals surface area contributed by atoms with Gasteiger partial charge in [0.1, 0.15) is 5.58 Å². The lowest BCUT2D eigenvalue weighted by atomic mass is 10.1. The molecule has 1 aromatic carbocycles. The van der Waals surface area contributed by atoms with Gasteiger partial charge in [-0.25, -0.2) is 4.79 Å². The molecule has 0 radical (unpaired) electrons.